The van der Waals surface area contributed by atoms with Crippen LogP contribution >= 0.6 is 0 Å². The lowest BCUT2D eigenvalue weighted by Gasteiger charge is -2.17. The lowest BCUT2D eigenvalue weighted by atomic mass is 10.1. The van der Waals surface area contributed by atoms with Gasteiger partial charge in [-0.25, -0.2) is 0 Å². The lowest BCUT2D eigenvalue weighted by Crippen LogP contribution is -2.34. The molecule has 3 rings (SSSR count). The predicted octanol–water partition coefficient (Wildman–Crippen LogP) is 2.47. The summed E-state index contributed by atoms with van der Waals surface area (Å²) < 4.78 is 10.7. The fraction of sp³-hybridized carbons (Fsp3) is 0.316. The van der Waals surface area contributed by atoms with Crippen molar-refractivity contribution >= 4 is 5.91 Å². The van der Waals surface area contributed by atoms with Crippen molar-refractivity contribution in [2.24, 2.45) is 0 Å². The second-order valence-electron chi connectivity index (χ2n) is 6.06. The number of nitrogens with zero attached hydrogens (tertiary/aromatic N) is 1. The largest absolute Gasteiger partial charge is 0.454 e. The average Bonchev–Trinajstić information content (AvgIpc) is 3.01. The Morgan fingerprint density at radius 1 is 1.17 bits per heavy atom. The highest BCUT2D eigenvalue weighted by Crippen LogP contribution is 2.32. The first-order valence-corrected chi connectivity index (χ1v) is 8.00. The Labute approximate surface area is 142 Å². The molecule has 2 aromatic carbocycles. The van der Waals surface area contributed by atoms with Crippen molar-refractivity contribution in [2.45, 2.75) is 20.0 Å². The SMILES string of the molecule is Cc1ccccc1CNC(=O)CN(C)Cc1ccc2c(c1)OCO2. The third-order valence-corrected chi connectivity index (χ3v) is 4.04. The fourth-order valence-corrected chi connectivity index (χ4v) is 2.71. The third kappa shape index (κ3) is 4.06. The number of rotatable bonds is 6. The summed E-state index contributed by atoms with van der Waals surface area (Å²) >= 11 is 0. The van der Waals surface area contributed by atoms with Gasteiger partial charge in [0.25, 0.3) is 0 Å². The van der Waals surface area contributed by atoms with Gasteiger partial charge in [-0.2, -0.15) is 0 Å². The number of ether oxygens (including phenoxy) is 2. The Kier molecular flexibility index (Phi) is 5.01. The summed E-state index contributed by atoms with van der Waals surface area (Å²) in [6, 6.07) is 13.9. The number of carbonyl (C=O) groups excluding carboxylic acids is 1. The molecule has 24 heavy (non-hydrogen) atoms. The zero-order valence-corrected chi connectivity index (χ0v) is 14.0. The number of benzene rings is 2. The van der Waals surface area contributed by atoms with Crippen molar-refractivity contribution in [3.63, 3.8) is 0 Å². The molecule has 0 bridgehead atoms. The number of aryl methyl sites for hydroxylation is 1. The number of carbonyl (C=O) groups is 1. The van der Waals surface area contributed by atoms with E-state index in [1.807, 2.05) is 61.3 Å². The van der Waals surface area contributed by atoms with Crippen molar-refractivity contribution < 1.29 is 14.3 Å². The number of fused-ring (bicyclic) bond motifs is 1. The Balaban J connectivity index is 1.48. The molecule has 0 saturated carbocycles. The summed E-state index contributed by atoms with van der Waals surface area (Å²) in [6.07, 6.45) is 0. The smallest absolute Gasteiger partial charge is 0.234 e. The molecule has 126 valence electrons. The quantitative estimate of drug-likeness (QED) is 0.886. The molecular weight excluding hydrogens is 304 g/mol. The maximum absolute atomic E-state index is 12.1. The van der Waals surface area contributed by atoms with Crippen molar-refractivity contribution in [1.29, 1.82) is 0 Å². The molecule has 2 aromatic rings. The van der Waals surface area contributed by atoms with E-state index in [1.54, 1.807) is 0 Å². The molecule has 5 nitrogen and oxygen atoms in total. The molecule has 1 N–H and O–H groups in total. The van der Waals surface area contributed by atoms with Gasteiger partial charge in [0.05, 0.1) is 6.54 Å². The van der Waals surface area contributed by atoms with Crippen molar-refractivity contribution in [3.8, 4) is 11.5 Å². The monoisotopic (exact) mass is 326 g/mol. The molecule has 0 spiro atoms. The first-order chi connectivity index (χ1) is 11.6. The zero-order chi connectivity index (χ0) is 16.9. The second kappa shape index (κ2) is 7.36. The van der Waals surface area contributed by atoms with E-state index in [1.165, 1.54) is 5.56 Å². The van der Waals surface area contributed by atoms with Crippen molar-refractivity contribution in [2.75, 3.05) is 20.4 Å². The van der Waals surface area contributed by atoms with Gasteiger partial charge < -0.3 is 14.8 Å². The Hall–Kier alpha value is -2.53. The molecule has 1 heterocycles. The van der Waals surface area contributed by atoms with Gasteiger partial charge in [-0.15, -0.1) is 0 Å². The van der Waals surface area contributed by atoms with E-state index in [9.17, 15) is 4.79 Å². The first kappa shape index (κ1) is 16.3. The summed E-state index contributed by atoms with van der Waals surface area (Å²) in [7, 11) is 1.93. The highest BCUT2D eigenvalue weighted by atomic mass is 16.7. The van der Waals surface area contributed by atoms with Crippen molar-refractivity contribution in [3.05, 3.63) is 59.2 Å². The minimum atomic E-state index is 0.0153. The van der Waals surface area contributed by atoms with Gasteiger partial charge >= 0.3 is 0 Å². The molecule has 0 unspecified atom stereocenters. The summed E-state index contributed by atoms with van der Waals surface area (Å²) in [5.74, 6) is 1.56. The molecule has 1 amide bonds. The summed E-state index contributed by atoms with van der Waals surface area (Å²) in [6.45, 7) is 3.90. The van der Waals surface area contributed by atoms with Crippen LogP contribution in [-0.4, -0.2) is 31.2 Å². The van der Waals surface area contributed by atoms with Gasteiger partial charge in [-0.3, -0.25) is 9.69 Å². The second-order valence-corrected chi connectivity index (χ2v) is 6.06. The molecule has 0 aromatic heterocycles. The predicted molar refractivity (Wildman–Crippen MR) is 91.9 cm³/mol. The van der Waals surface area contributed by atoms with Gasteiger partial charge in [0, 0.05) is 13.1 Å². The number of hydrogen-bond donors (Lipinski definition) is 1. The van der Waals surface area contributed by atoms with Crippen LogP contribution in [0.4, 0.5) is 0 Å². The number of likely N-dealkylation sites (N-methyl/N-ethyl adjacent to an activating group) is 1. The molecule has 1 aliphatic heterocycles. The van der Waals surface area contributed by atoms with Crippen LogP contribution in [0.2, 0.25) is 0 Å². The molecule has 0 fully saturated rings. The molecule has 0 saturated heterocycles. The Morgan fingerprint density at radius 2 is 1.96 bits per heavy atom. The van der Waals surface area contributed by atoms with Crippen LogP contribution in [0, 0.1) is 6.92 Å². The average molecular weight is 326 g/mol. The van der Waals surface area contributed by atoms with Gasteiger partial charge in [0.2, 0.25) is 12.7 Å². The first-order valence-electron chi connectivity index (χ1n) is 8.00. The molecule has 0 atom stereocenters. The zero-order valence-electron chi connectivity index (χ0n) is 14.0. The Bertz CT molecular complexity index is 730. The van der Waals surface area contributed by atoms with Crippen LogP contribution in [0.3, 0.4) is 0 Å². The van der Waals surface area contributed by atoms with E-state index < -0.39 is 0 Å². The standard InChI is InChI=1S/C19H22N2O3/c1-14-5-3-4-6-16(14)10-20-19(22)12-21(2)11-15-7-8-17-18(9-15)24-13-23-17/h3-9H,10-13H2,1-2H3,(H,20,22). The van der Waals surface area contributed by atoms with E-state index in [2.05, 4.69) is 5.32 Å². The van der Waals surface area contributed by atoms with Crippen LogP contribution in [0.5, 0.6) is 11.5 Å². The summed E-state index contributed by atoms with van der Waals surface area (Å²) in [5, 5.41) is 2.97. The molecule has 0 aliphatic carbocycles. The van der Waals surface area contributed by atoms with Crippen LogP contribution in [-0.2, 0) is 17.9 Å². The van der Waals surface area contributed by atoms with E-state index in [0.29, 0.717) is 19.6 Å². The number of amides is 1. The van der Waals surface area contributed by atoms with Crippen LogP contribution < -0.4 is 14.8 Å². The number of nitrogens with one attached hydrogen (secondary N) is 1. The fourth-order valence-electron chi connectivity index (χ4n) is 2.71. The maximum atomic E-state index is 12.1. The summed E-state index contributed by atoms with van der Waals surface area (Å²) in [5.41, 5.74) is 3.42. The molecular formula is C19H22N2O3. The topological polar surface area (TPSA) is 50.8 Å². The minimum absolute atomic E-state index is 0.0153. The van der Waals surface area contributed by atoms with Crippen LogP contribution in [0.1, 0.15) is 16.7 Å². The van der Waals surface area contributed by atoms with E-state index in [-0.39, 0.29) is 12.7 Å². The van der Waals surface area contributed by atoms with E-state index in [4.69, 9.17) is 9.47 Å². The van der Waals surface area contributed by atoms with Gasteiger partial charge in [0.1, 0.15) is 0 Å². The highest BCUT2D eigenvalue weighted by molar-refractivity contribution is 5.78. The normalized spacial score (nSPS) is 12.5. The van der Waals surface area contributed by atoms with Gasteiger partial charge in [-0.1, -0.05) is 30.3 Å². The minimum Gasteiger partial charge on any atom is -0.454 e. The number of hydrogen-bond acceptors (Lipinski definition) is 4. The van der Waals surface area contributed by atoms with Crippen LogP contribution in [0.15, 0.2) is 42.5 Å². The molecule has 0 radical (unpaired) electrons. The highest BCUT2D eigenvalue weighted by Gasteiger charge is 2.14. The van der Waals surface area contributed by atoms with E-state index in [0.717, 1.165) is 22.6 Å². The lowest BCUT2D eigenvalue weighted by molar-refractivity contribution is -0.122. The maximum Gasteiger partial charge on any atom is 0.234 e. The molecule has 1 aliphatic rings. The van der Waals surface area contributed by atoms with E-state index >= 15 is 0 Å². The Morgan fingerprint density at radius 3 is 2.79 bits per heavy atom. The summed E-state index contributed by atoms with van der Waals surface area (Å²) in [4.78, 5) is 14.1. The van der Waals surface area contributed by atoms with Gasteiger partial charge in [0.15, 0.2) is 11.5 Å². The third-order valence-electron chi connectivity index (χ3n) is 4.04. The molecule has 5 heteroatoms. The van der Waals surface area contributed by atoms with Gasteiger partial charge in [-0.05, 0) is 42.8 Å². The van der Waals surface area contributed by atoms with Crippen LogP contribution in [0.25, 0.3) is 0 Å². The van der Waals surface area contributed by atoms with Crippen molar-refractivity contribution in [1.82, 2.24) is 10.2 Å².